The number of pyridine rings is 1. The van der Waals surface area contributed by atoms with Crippen LogP contribution in [-0.4, -0.2) is 30.5 Å². The number of aromatic nitrogens is 1. The number of methoxy groups -OCH3 is 1. The average Bonchev–Trinajstić information content (AvgIpc) is 2.66. The molecule has 0 aliphatic heterocycles. The predicted octanol–water partition coefficient (Wildman–Crippen LogP) is 3.90. The number of hydrogen-bond donors (Lipinski definition) is 0. The van der Waals surface area contributed by atoms with Gasteiger partial charge in [-0.3, -0.25) is 9.78 Å². The third-order valence-corrected chi connectivity index (χ3v) is 4.28. The fraction of sp³-hybridized carbons (Fsp3) is 0.190. The summed E-state index contributed by atoms with van der Waals surface area (Å²) in [4.78, 5) is 29.2. The minimum absolute atomic E-state index is 0.273. The summed E-state index contributed by atoms with van der Waals surface area (Å²) in [6.07, 6.45) is 0. The Kier molecular flexibility index (Phi) is 4.98. The number of ether oxygens (including phenoxy) is 2. The van der Waals surface area contributed by atoms with Crippen LogP contribution in [-0.2, 0) is 4.74 Å². The lowest BCUT2D eigenvalue weighted by Crippen LogP contribution is -2.16. The highest BCUT2D eigenvalue weighted by Gasteiger charge is 2.19. The van der Waals surface area contributed by atoms with Crippen LogP contribution < -0.4 is 4.74 Å². The minimum Gasteiger partial charge on any atom is -0.497 e. The molecule has 2 aromatic carbocycles. The smallest absolute Gasteiger partial charge is 0.340 e. The fourth-order valence-electron chi connectivity index (χ4n) is 2.90. The summed E-state index contributed by atoms with van der Waals surface area (Å²) in [7, 11) is 1.56. The SMILES string of the molecule is COc1ccc(C(=O)COC(=O)c2c(C)nc3ccccc3c2C)cc1. The average molecular weight is 349 g/mol. The topological polar surface area (TPSA) is 65.5 Å². The van der Waals surface area contributed by atoms with Crippen molar-refractivity contribution in [2.45, 2.75) is 13.8 Å². The maximum atomic E-state index is 12.5. The van der Waals surface area contributed by atoms with E-state index in [2.05, 4.69) is 4.98 Å². The van der Waals surface area contributed by atoms with Gasteiger partial charge in [0.15, 0.2) is 12.4 Å². The van der Waals surface area contributed by atoms with Crippen molar-refractivity contribution in [2.75, 3.05) is 13.7 Å². The Hall–Kier alpha value is -3.21. The molecular weight excluding hydrogens is 330 g/mol. The molecule has 0 spiro atoms. The van der Waals surface area contributed by atoms with Gasteiger partial charge < -0.3 is 9.47 Å². The van der Waals surface area contributed by atoms with Gasteiger partial charge >= 0.3 is 5.97 Å². The van der Waals surface area contributed by atoms with Crippen LogP contribution in [0.4, 0.5) is 0 Å². The van der Waals surface area contributed by atoms with Gasteiger partial charge in [0, 0.05) is 10.9 Å². The van der Waals surface area contributed by atoms with Crippen LogP contribution in [0.2, 0.25) is 0 Å². The molecule has 1 heterocycles. The van der Waals surface area contributed by atoms with Crippen LogP contribution in [0.25, 0.3) is 10.9 Å². The van der Waals surface area contributed by atoms with Crippen molar-refractivity contribution in [1.82, 2.24) is 4.98 Å². The number of para-hydroxylation sites is 1. The molecule has 0 atom stereocenters. The van der Waals surface area contributed by atoms with Crippen LogP contribution in [0.5, 0.6) is 5.75 Å². The second-order valence-electron chi connectivity index (χ2n) is 5.94. The van der Waals surface area contributed by atoms with Crippen LogP contribution >= 0.6 is 0 Å². The molecule has 0 unspecified atom stereocenters. The molecule has 0 radical (unpaired) electrons. The van der Waals surface area contributed by atoms with Crippen LogP contribution in [0.1, 0.15) is 32.0 Å². The van der Waals surface area contributed by atoms with Crippen molar-refractivity contribution in [3.05, 3.63) is 70.9 Å². The molecule has 0 bridgehead atoms. The van der Waals surface area contributed by atoms with Gasteiger partial charge in [0.25, 0.3) is 0 Å². The summed E-state index contributed by atoms with van der Waals surface area (Å²) >= 11 is 0. The molecule has 5 heteroatoms. The zero-order valence-corrected chi connectivity index (χ0v) is 14.9. The second kappa shape index (κ2) is 7.35. The molecule has 0 saturated carbocycles. The summed E-state index contributed by atoms with van der Waals surface area (Å²) in [5, 5.41) is 0.895. The van der Waals surface area contributed by atoms with Crippen molar-refractivity contribution in [2.24, 2.45) is 0 Å². The molecule has 0 N–H and O–H groups in total. The molecule has 0 amide bonds. The first kappa shape index (κ1) is 17.6. The molecule has 0 fully saturated rings. The first-order valence-electron chi connectivity index (χ1n) is 8.21. The van der Waals surface area contributed by atoms with Gasteiger partial charge in [-0.25, -0.2) is 4.79 Å². The first-order valence-corrected chi connectivity index (χ1v) is 8.21. The van der Waals surface area contributed by atoms with Gasteiger partial charge in [-0.2, -0.15) is 0 Å². The summed E-state index contributed by atoms with van der Waals surface area (Å²) in [5.74, 6) is -0.155. The molecule has 26 heavy (non-hydrogen) atoms. The number of fused-ring (bicyclic) bond motifs is 1. The van der Waals surface area contributed by atoms with E-state index in [1.165, 1.54) is 0 Å². The van der Waals surface area contributed by atoms with E-state index in [4.69, 9.17) is 9.47 Å². The highest BCUT2D eigenvalue weighted by Crippen LogP contribution is 2.23. The largest absolute Gasteiger partial charge is 0.497 e. The Labute approximate surface area is 151 Å². The second-order valence-corrected chi connectivity index (χ2v) is 5.94. The Morgan fingerprint density at radius 2 is 1.69 bits per heavy atom. The maximum Gasteiger partial charge on any atom is 0.340 e. The molecule has 132 valence electrons. The van der Waals surface area contributed by atoms with E-state index in [1.807, 2.05) is 31.2 Å². The lowest BCUT2D eigenvalue weighted by molar-refractivity contribution is 0.0473. The van der Waals surface area contributed by atoms with Crippen molar-refractivity contribution < 1.29 is 19.1 Å². The predicted molar refractivity (Wildman–Crippen MR) is 98.8 cm³/mol. The summed E-state index contributed by atoms with van der Waals surface area (Å²) < 4.78 is 10.3. The van der Waals surface area contributed by atoms with Gasteiger partial charge in [0.1, 0.15) is 5.75 Å². The monoisotopic (exact) mass is 349 g/mol. The number of ketones is 1. The van der Waals surface area contributed by atoms with E-state index < -0.39 is 5.97 Å². The molecule has 1 aromatic heterocycles. The number of carbonyl (C=O) groups excluding carboxylic acids is 2. The highest BCUT2D eigenvalue weighted by molar-refractivity contribution is 6.01. The van der Waals surface area contributed by atoms with E-state index in [9.17, 15) is 9.59 Å². The number of esters is 1. The third-order valence-electron chi connectivity index (χ3n) is 4.28. The number of carbonyl (C=O) groups is 2. The molecule has 0 saturated heterocycles. The Bertz CT molecular complexity index is 977. The standard InChI is InChI=1S/C21H19NO4/c1-13-17-6-4-5-7-18(17)22-14(2)20(13)21(24)26-12-19(23)15-8-10-16(25-3)11-9-15/h4-11H,12H2,1-3H3. The molecular formula is C21H19NO4. The van der Waals surface area contributed by atoms with Crippen molar-refractivity contribution in [1.29, 1.82) is 0 Å². The van der Waals surface area contributed by atoms with Crippen LogP contribution in [0, 0.1) is 13.8 Å². The quantitative estimate of drug-likeness (QED) is 0.516. The van der Waals surface area contributed by atoms with Crippen molar-refractivity contribution in [3.63, 3.8) is 0 Å². The van der Waals surface area contributed by atoms with Crippen LogP contribution in [0.15, 0.2) is 48.5 Å². The maximum absolute atomic E-state index is 12.5. The Morgan fingerprint density at radius 1 is 1.00 bits per heavy atom. The van der Waals surface area contributed by atoms with Crippen LogP contribution in [0.3, 0.4) is 0 Å². The van der Waals surface area contributed by atoms with E-state index in [0.717, 1.165) is 16.5 Å². The number of hydrogen-bond acceptors (Lipinski definition) is 5. The zero-order valence-electron chi connectivity index (χ0n) is 14.9. The molecule has 0 aliphatic rings. The van der Waals surface area contributed by atoms with Gasteiger partial charge in [-0.1, -0.05) is 18.2 Å². The first-order chi connectivity index (χ1) is 12.5. The van der Waals surface area contributed by atoms with Gasteiger partial charge in [0.2, 0.25) is 0 Å². The number of nitrogens with zero attached hydrogens (tertiary/aromatic N) is 1. The number of Topliss-reactive ketones (excluding diaryl/α,β-unsaturated/α-hetero) is 1. The lowest BCUT2D eigenvalue weighted by atomic mass is 10.0. The van der Waals surface area contributed by atoms with E-state index in [1.54, 1.807) is 38.3 Å². The Balaban J connectivity index is 1.77. The molecule has 3 aromatic rings. The molecule has 5 nitrogen and oxygen atoms in total. The number of benzene rings is 2. The van der Waals surface area contributed by atoms with Crippen molar-refractivity contribution in [3.8, 4) is 5.75 Å². The summed E-state index contributed by atoms with van der Waals surface area (Å²) in [5.41, 5.74) is 3.08. The molecule has 3 rings (SSSR count). The summed E-state index contributed by atoms with van der Waals surface area (Å²) in [6.45, 7) is 3.30. The number of rotatable bonds is 5. The lowest BCUT2D eigenvalue weighted by Gasteiger charge is -2.12. The van der Waals surface area contributed by atoms with Gasteiger partial charge in [-0.05, 0) is 49.7 Å². The van der Waals surface area contributed by atoms with E-state index >= 15 is 0 Å². The third kappa shape index (κ3) is 3.42. The normalized spacial score (nSPS) is 10.6. The zero-order chi connectivity index (χ0) is 18.7. The number of aryl methyl sites for hydroxylation is 2. The molecule has 0 aliphatic carbocycles. The van der Waals surface area contributed by atoms with Crippen molar-refractivity contribution >= 4 is 22.7 Å². The Morgan fingerprint density at radius 3 is 2.38 bits per heavy atom. The van der Waals surface area contributed by atoms with E-state index in [-0.39, 0.29) is 12.4 Å². The van der Waals surface area contributed by atoms with Gasteiger partial charge in [0.05, 0.1) is 23.9 Å². The summed E-state index contributed by atoms with van der Waals surface area (Å²) in [6, 6.07) is 14.3. The fourth-order valence-corrected chi connectivity index (χ4v) is 2.90. The van der Waals surface area contributed by atoms with E-state index in [0.29, 0.717) is 22.6 Å². The highest BCUT2D eigenvalue weighted by atomic mass is 16.5. The van der Waals surface area contributed by atoms with Gasteiger partial charge in [-0.15, -0.1) is 0 Å². The minimum atomic E-state index is -0.542.